The first-order chi connectivity index (χ1) is 9.93. The molecule has 1 rings (SSSR count). The van der Waals surface area contributed by atoms with E-state index in [0.29, 0.717) is 18.0 Å². The van der Waals surface area contributed by atoms with Gasteiger partial charge in [0.05, 0.1) is 12.5 Å². The van der Waals surface area contributed by atoms with E-state index < -0.39 is 17.9 Å². The lowest BCUT2D eigenvalue weighted by Gasteiger charge is -2.17. The quantitative estimate of drug-likeness (QED) is 0.721. The zero-order chi connectivity index (χ0) is 15.8. The van der Waals surface area contributed by atoms with Gasteiger partial charge in [0.25, 0.3) is 0 Å². The molecule has 0 radical (unpaired) electrons. The fourth-order valence-corrected chi connectivity index (χ4v) is 1.82. The van der Waals surface area contributed by atoms with E-state index in [1.807, 2.05) is 20.8 Å². The highest BCUT2D eigenvalue weighted by atomic mass is 16.5. The number of carbonyl (C=O) groups excluding carboxylic acids is 1. The van der Waals surface area contributed by atoms with Crippen LogP contribution in [-0.4, -0.2) is 30.3 Å². The van der Waals surface area contributed by atoms with Crippen LogP contribution in [0.1, 0.15) is 20.8 Å². The Morgan fingerprint density at radius 3 is 2.62 bits per heavy atom. The predicted octanol–water partition coefficient (Wildman–Crippen LogP) is 2.56. The van der Waals surface area contributed by atoms with Gasteiger partial charge in [0, 0.05) is 18.3 Å². The lowest BCUT2D eigenvalue weighted by molar-refractivity contribution is -0.142. The van der Waals surface area contributed by atoms with E-state index in [2.05, 4.69) is 10.6 Å². The van der Waals surface area contributed by atoms with Gasteiger partial charge in [0.2, 0.25) is 0 Å². The summed E-state index contributed by atoms with van der Waals surface area (Å²) in [6.07, 6.45) is 0. The van der Waals surface area contributed by atoms with Crippen LogP contribution in [0.25, 0.3) is 0 Å². The molecule has 0 aliphatic rings. The Balaban J connectivity index is 2.53. The third-order valence-corrected chi connectivity index (χ3v) is 3.01. The van der Waals surface area contributed by atoms with Crippen molar-refractivity contribution < 1.29 is 19.4 Å². The van der Waals surface area contributed by atoms with Gasteiger partial charge in [0.15, 0.2) is 0 Å². The highest BCUT2D eigenvalue weighted by molar-refractivity contribution is 5.89. The van der Waals surface area contributed by atoms with Crippen LogP contribution in [0.3, 0.4) is 0 Å². The molecule has 3 N–H and O–H groups in total. The molecule has 0 spiro atoms. The molecule has 0 saturated carbocycles. The molecule has 1 aromatic carbocycles. The van der Waals surface area contributed by atoms with Crippen LogP contribution >= 0.6 is 0 Å². The Kier molecular flexibility index (Phi) is 6.52. The third-order valence-electron chi connectivity index (χ3n) is 3.01. The van der Waals surface area contributed by atoms with Crippen LogP contribution in [0.5, 0.6) is 5.75 Å². The van der Waals surface area contributed by atoms with Gasteiger partial charge in [-0.1, -0.05) is 19.9 Å². The number of carbonyl (C=O) groups is 2. The topological polar surface area (TPSA) is 87.7 Å². The predicted molar refractivity (Wildman–Crippen MR) is 80.6 cm³/mol. The number of carboxylic acids is 1. The number of carboxylic acid groups (broad SMARTS) is 1. The number of hydrogen-bond acceptors (Lipinski definition) is 3. The van der Waals surface area contributed by atoms with E-state index in [9.17, 15) is 9.59 Å². The van der Waals surface area contributed by atoms with Crippen LogP contribution in [0.15, 0.2) is 24.3 Å². The lowest BCUT2D eigenvalue weighted by Crippen LogP contribution is -2.37. The Morgan fingerprint density at radius 1 is 1.33 bits per heavy atom. The summed E-state index contributed by atoms with van der Waals surface area (Å²) in [6, 6.07) is 6.58. The maximum atomic E-state index is 11.8. The molecule has 0 heterocycles. The molecule has 6 nitrogen and oxygen atoms in total. The smallest absolute Gasteiger partial charge is 0.319 e. The zero-order valence-electron chi connectivity index (χ0n) is 12.6. The van der Waals surface area contributed by atoms with Gasteiger partial charge in [-0.3, -0.25) is 4.79 Å². The number of ether oxygens (including phenoxy) is 1. The van der Waals surface area contributed by atoms with Crippen molar-refractivity contribution in [2.75, 3.05) is 18.5 Å². The van der Waals surface area contributed by atoms with Gasteiger partial charge in [-0.2, -0.15) is 0 Å². The number of nitrogens with one attached hydrogen (secondary N) is 2. The highest BCUT2D eigenvalue weighted by Gasteiger charge is 2.21. The standard InChI is InChI=1S/C15H22N2O4/c1-4-21-12-7-5-6-11(8-12)17-15(20)16-9-13(10(2)3)14(18)19/h5-8,10,13H,4,9H2,1-3H3,(H,18,19)(H2,16,17,20). The van der Waals surface area contributed by atoms with Gasteiger partial charge in [0.1, 0.15) is 5.75 Å². The first-order valence-electron chi connectivity index (χ1n) is 6.94. The van der Waals surface area contributed by atoms with Gasteiger partial charge in [-0.15, -0.1) is 0 Å². The molecule has 0 aliphatic carbocycles. The second-order valence-electron chi connectivity index (χ2n) is 4.98. The van der Waals surface area contributed by atoms with E-state index >= 15 is 0 Å². The second-order valence-corrected chi connectivity index (χ2v) is 4.98. The van der Waals surface area contributed by atoms with Gasteiger partial charge in [-0.25, -0.2) is 4.79 Å². The van der Waals surface area contributed by atoms with Gasteiger partial charge in [-0.05, 0) is 25.0 Å². The minimum atomic E-state index is -0.913. The van der Waals surface area contributed by atoms with Crippen LogP contribution in [0.4, 0.5) is 10.5 Å². The number of aliphatic carboxylic acids is 1. The van der Waals surface area contributed by atoms with Crippen LogP contribution in [0.2, 0.25) is 0 Å². The average molecular weight is 294 g/mol. The molecule has 0 fully saturated rings. The Bertz CT molecular complexity index is 488. The minimum Gasteiger partial charge on any atom is -0.494 e. The first-order valence-corrected chi connectivity index (χ1v) is 6.94. The van der Waals surface area contributed by atoms with E-state index in [-0.39, 0.29) is 12.5 Å². The molecule has 0 bridgehead atoms. The molecule has 21 heavy (non-hydrogen) atoms. The van der Waals surface area contributed by atoms with Crippen LogP contribution < -0.4 is 15.4 Å². The van der Waals surface area contributed by atoms with Crippen molar-refractivity contribution in [1.82, 2.24) is 5.32 Å². The number of anilines is 1. The van der Waals surface area contributed by atoms with Crippen molar-refractivity contribution >= 4 is 17.7 Å². The molecule has 1 unspecified atom stereocenters. The monoisotopic (exact) mass is 294 g/mol. The third kappa shape index (κ3) is 5.72. The van der Waals surface area contributed by atoms with Crippen molar-refractivity contribution in [3.63, 3.8) is 0 Å². The largest absolute Gasteiger partial charge is 0.494 e. The SMILES string of the molecule is CCOc1cccc(NC(=O)NCC(C(=O)O)C(C)C)c1. The fourth-order valence-electron chi connectivity index (χ4n) is 1.82. The molecular weight excluding hydrogens is 272 g/mol. The van der Waals surface area contributed by atoms with Crippen LogP contribution in [-0.2, 0) is 4.79 Å². The highest BCUT2D eigenvalue weighted by Crippen LogP contribution is 2.17. The average Bonchev–Trinajstić information content (AvgIpc) is 2.38. The molecule has 0 aromatic heterocycles. The van der Waals surface area contributed by atoms with Crippen molar-refractivity contribution in [2.45, 2.75) is 20.8 Å². The molecule has 116 valence electrons. The molecule has 0 aliphatic heterocycles. The number of hydrogen-bond donors (Lipinski definition) is 3. The number of urea groups is 1. The normalized spacial score (nSPS) is 11.8. The fraction of sp³-hybridized carbons (Fsp3) is 0.467. The summed E-state index contributed by atoms with van der Waals surface area (Å²) in [5, 5.41) is 14.3. The summed E-state index contributed by atoms with van der Waals surface area (Å²) in [6.45, 7) is 6.13. The number of amides is 2. The summed E-state index contributed by atoms with van der Waals surface area (Å²) in [4.78, 5) is 22.8. The Hall–Kier alpha value is -2.24. The van der Waals surface area contributed by atoms with Crippen LogP contribution in [0, 0.1) is 11.8 Å². The Labute approximate surface area is 124 Å². The maximum Gasteiger partial charge on any atom is 0.319 e. The molecule has 2 amide bonds. The van der Waals surface area contributed by atoms with Gasteiger partial charge >= 0.3 is 12.0 Å². The molecular formula is C15H22N2O4. The van der Waals surface area contributed by atoms with Crippen molar-refractivity contribution in [2.24, 2.45) is 11.8 Å². The van der Waals surface area contributed by atoms with Gasteiger partial charge < -0.3 is 20.5 Å². The van der Waals surface area contributed by atoms with Crippen molar-refractivity contribution in [3.05, 3.63) is 24.3 Å². The summed E-state index contributed by atoms with van der Waals surface area (Å²) in [7, 11) is 0. The van der Waals surface area contributed by atoms with Crippen molar-refractivity contribution in [1.29, 1.82) is 0 Å². The van der Waals surface area contributed by atoms with E-state index in [1.165, 1.54) is 0 Å². The summed E-state index contributed by atoms with van der Waals surface area (Å²) in [5.74, 6) is -0.904. The summed E-state index contributed by atoms with van der Waals surface area (Å²) in [5.41, 5.74) is 0.592. The molecule has 6 heteroatoms. The number of benzene rings is 1. The first kappa shape index (κ1) is 16.8. The molecule has 1 aromatic rings. The summed E-state index contributed by atoms with van der Waals surface area (Å²) >= 11 is 0. The molecule has 0 saturated heterocycles. The molecule has 1 atom stereocenters. The second kappa shape index (κ2) is 8.14. The maximum absolute atomic E-state index is 11.8. The van der Waals surface area contributed by atoms with Crippen molar-refractivity contribution in [3.8, 4) is 5.75 Å². The zero-order valence-corrected chi connectivity index (χ0v) is 12.6. The minimum absolute atomic E-state index is 0.0518. The van der Waals surface area contributed by atoms with E-state index in [4.69, 9.17) is 9.84 Å². The van der Waals surface area contributed by atoms with E-state index in [1.54, 1.807) is 24.3 Å². The van der Waals surface area contributed by atoms with E-state index in [0.717, 1.165) is 0 Å². The lowest BCUT2D eigenvalue weighted by atomic mass is 9.96. The number of rotatable bonds is 7. The summed E-state index contributed by atoms with van der Waals surface area (Å²) < 4.78 is 5.34. The Morgan fingerprint density at radius 2 is 2.05 bits per heavy atom.